The number of carbonyl (C=O) groups excluding carboxylic acids is 1. The SMILES string of the molecule is CC(C)C[C@H](CNC(=O)N1CCC(O)CC1)CC(=O)O. The smallest absolute Gasteiger partial charge is 0.317 e. The van der Waals surface area contributed by atoms with Crippen LogP contribution in [0.2, 0.25) is 0 Å². The van der Waals surface area contributed by atoms with Crippen molar-refractivity contribution in [3.63, 3.8) is 0 Å². The zero-order chi connectivity index (χ0) is 15.1. The van der Waals surface area contributed by atoms with Crippen molar-refractivity contribution in [2.45, 2.75) is 45.6 Å². The number of rotatable bonds is 6. The molecular formula is C14H26N2O4. The van der Waals surface area contributed by atoms with E-state index in [1.807, 2.05) is 13.8 Å². The third-order valence-corrected chi connectivity index (χ3v) is 3.56. The van der Waals surface area contributed by atoms with Crippen molar-refractivity contribution in [3.8, 4) is 0 Å². The molecule has 6 heteroatoms. The maximum Gasteiger partial charge on any atom is 0.317 e. The van der Waals surface area contributed by atoms with Gasteiger partial charge in [-0.2, -0.15) is 0 Å². The van der Waals surface area contributed by atoms with Gasteiger partial charge < -0.3 is 20.4 Å². The lowest BCUT2D eigenvalue weighted by molar-refractivity contribution is -0.138. The number of aliphatic carboxylic acids is 1. The molecule has 0 aliphatic carbocycles. The first kappa shape index (κ1) is 16.8. The number of aliphatic hydroxyl groups is 1. The highest BCUT2D eigenvalue weighted by atomic mass is 16.4. The number of carboxylic acid groups (broad SMARTS) is 1. The van der Waals surface area contributed by atoms with Gasteiger partial charge in [-0.05, 0) is 31.1 Å². The minimum absolute atomic E-state index is 0.0353. The van der Waals surface area contributed by atoms with E-state index in [-0.39, 0.29) is 24.5 Å². The van der Waals surface area contributed by atoms with Gasteiger partial charge in [0.15, 0.2) is 0 Å². The van der Waals surface area contributed by atoms with Gasteiger partial charge in [0.05, 0.1) is 6.10 Å². The van der Waals surface area contributed by atoms with Gasteiger partial charge in [0.2, 0.25) is 0 Å². The molecule has 1 fully saturated rings. The van der Waals surface area contributed by atoms with Gasteiger partial charge in [-0.15, -0.1) is 0 Å². The highest BCUT2D eigenvalue weighted by Crippen LogP contribution is 2.15. The maximum atomic E-state index is 12.0. The van der Waals surface area contributed by atoms with E-state index in [0.717, 1.165) is 6.42 Å². The van der Waals surface area contributed by atoms with Crippen molar-refractivity contribution >= 4 is 12.0 Å². The summed E-state index contributed by atoms with van der Waals surface area (Å²) in [6, 6.07) is -0.156. The summed E-state index contributed by atoms with van der Waals surface area (Å²) < 4.78 is 0. The molecule has 0 unspecified atom stereocenters. The van der Waals surface area contributed by atoms with Gasteiger partial charge in [0.25, 0.3) is 0 Å². The largest absolute Gasteiger partial charge is 0.481 e. The van der Waals surface area contributed by atoms with Crippen molar-refractivity contribution in [1.82, 2.24) is 10.2 Å². The summed E-state index contributed by atoms with van der Waals surface area (Å²) in [6.45, 7) is 5.59. The van der Waals surface area contributed by atoms with Crippen LogP contribution < -0.4 is 5.32 Å². The lowest BCUT2D eigenvalue weighted by Gasteiger charge is -2.30. The number of likely N-dealkylation sites (tertiary alicyclic amines) is 1. The van der Waals surface area contributed by atoms with Gasteiger partial charge in [-0.3, -0.25) is 4.79 Å². The standard InChI is InChI=1S/C14H26N2O4/c1-10(2)7-11(8-13(18)19)9-15-14(20)16-5-3-12(17)4-6-16/h10-12,17H,3-9H2,1-2H3,(H,15,20)(H,18,19)/t11-/m0/s1. The second kappa shape index (κ2) is 8.09. The fourth-order valence-electron chi connectivity index (χ4n) is 2.56. The van der Waals surface area contributed by atoms with E-state index >= 15 is 0 Å². The number of nitrogens with zero attached hydrogens (tertiary/aromatic N) is 1. The molecule has 2 amide bonds. The molecule has 1 saturated heterocycles. The summed E-state index contributed by atoms with van der Waals surface area (Å²) in [4.78, 5) is 24.5. The van der Waals surface area contributed by atoms with E-state index in [1.54, 1.807) is 4.90 Å². The Morgan fingerprint density at radius 2 is 1.90 bits per heavy atom. The Morgan fingerprint density at radius 3 is 2.40 bits per heavy atom. The van der Waals surface area contributed by atoms with E-state index < -0.39 is 5.97 Å². The van der Waals surface area contributed by atoms with Crippen molar-refractivity contribution in [2.75, 3.05) is 19.6 Å². The van der Waals surface area contributed by atoms with Crippen LogP contribution in [0.4, 0.5) is 4.79 Å². The lowest BCUT2D eigenvalue weighted by Crippen LogP contribution is -2.46. The van der Waals surface area contributed by atoms with Crippen LogP contribution in [0.15, 0.2) is 0 Å². The third kappa shape index (κ3) is 6.23. The Balaban J connectivity index is 2.37. The number of hydrogen-bond acceptors (Lipinski definition) is 3. The number of urea groups is 1. The first-order valence-corrected chi connectivity index (χ1v) is 7.31. The molecule has 0 spiro atoms. The summed E-state index contributed by atoms with van der Waals surface area (Å²) in [7, 11) is 0. The maximum absolute atomic E-state index is 12.0. The predicted molar refractivity (Wildman–Crippen MR) is 75.4 cm³/mol. The molecular weight excluding hydrogens is 260 g/mol. The predicted octanol–water partition coefficient (Wildman–Crippen LogP) is 1.29. The van der Waals surface area contributed by atoms with Crippen LogP contribution in [0.1, 0.15) is 39.5 Å². The molecule has 0 radical (unpaired) electrons. The first-order chi connectivity index (χ1) is 9.38. The lowest BCUT2D eigenvalue weighted by atomic mass is 9.94. The Kier molecular flexibility index (Phi) is 6.78. The summed E-state index contributed by atoms with van der Waals surface area (Å²) >= 11 is 0. The second-order valence-corrected chi connectivity index (χ2v) is 6.00. The van der Waals surface area contributed by atoms with Gasteiger partial charge in [0, 0.05) is 26.1 Å². The molecule has 3 N–H and O–H groups in total. The fraction of sp³-hybridized carbons (Fsp3) is 0.857. The zero-order valence-corrected chi connectivity index (χ0v) is 12.3. The molecule has 0 aromatic heterocycles. The molecule has 1 aliphatic heterocycles. The highest BCUT2D eigenvalue weighted by Gasteiger charge is 2.22. The molecule has 0 bridgehead atoms. The topological polar surface area (TPSA) is 89.9 Å². The molecule has 0 aromatic carbocycles. The molecule has 1 heterocycles. The van der Waals surface area contributed by atoms with Crippen LogP contribution >= 0.6 is 0 Å². The fourth-order valence-corrected chi connectivity index (χ4v) is 2.56. The number of aliphatic hydroxyl groups excluding tert-OH is 1. The molecule has 116 valence electrons. The van der Waals surface area contributed by atoms with E-state index in [9.17, 15) is 14.7 Å². The van der Waals surface area contributed by atoms with Crippen molar-refractivity contribution < 1.29 is 19.8 Å². The number of nitrogens with one attached hydrogen (secondary N) is 1. The molecule has 6 nitrogen and oxygen atoms in total. The molecule has 20 heavy (non-hydrogen) atoms. The average molecular weight is 286 g/mol. The number of carbonyl (C=O) groups is 2. The molecule has 0 aromatic rings. The molecule has 0 saturated carbocycles. The average Bonchev–Trinajstić information content (AvgIpc) is 2.35. The summed E-state index contributed by atoms with van der Waals surface area (Å²) in [5, 5.41) is 21.1. The Bertz CT molecular complexity index is 325. The number of carboxylic acids is 1. The van der Waals surface area contributed by atoms with Crippen LogP contribution in [-0.4, -0.2) is 52.9 Å². The summed E-state index contributed by atoms with van der Waals surface area (Å²) in [6.07, 6.45) is 1.78. The van der Waals surface area contributed by atoms with Gasteiger partial charge in [-0.1, -0.05) is 13.8 Å². The van der Waals surface area contributed by atoms with Crippen molar-refractivity contribution in [3.05, 3.63) is 0 Å². The van der Waals surface area contributed by atoms with Crippen molar-refractivity contribution in [2.24, 2.45) is 11.8 Å². The minimum atomic E-state index is -0.828. The second-order valence-electron chi connectivity index (χ2n) is 6.00. The normalized spacial score (nSPS) is 18.1. The minimum Gasteiger partial charge on any atom is -0.481 e. The van der Waals surface area contributed by atoms with Crippen LogP contribution in [0.25, 0.3) is 0 Å². The van der Waals surface area contributed by atoms with Crippen LogP contribution in [0, 0.1) is 11.8 Å². The van der Waals surface area contributed by atoms with Gasteiger partial charge in [-0.25, -0.2) is 4.79 Å². The number of piperidine rings is 1. The van der Waals surface area contributed by atoms with E-state index in [4.69, 9.17) is 5.11 Å². The van der Waals surface area contributed by atoms with Crippen LogP contribution in [0.5, 0.6) is 0 Å². The van der Waals surface area contributed by atoms with Crippen LogP contribution in [0.3, 0.4) is 0 Å². The van der Waals surface area contributed by atoms with Crippen LogP contribution in [-0.2, 0) is 4.79 Å². The third-order valence-electron chi connectivity index (χ3n) is 3.56. The molecule has 1 rings (SSSR count). The quantitative estimate of drug-likeness (QED) is 0.686. The number of hydrogen-bond donors (Lipinski definition) is 3. The van der Waals surface area contributed by atoms with E-state index in [0.29, 0.717) is 38.4 Å². The summed E-state index contributed by atoms with van der Waals surface area (Å²) in [5.41, 5.74) is 0. The number of amides is 2. The Morgan fingerprint density at radius 1 is 1.30 bits per heavy atom. The Hall–Kier alpha value is -1.30. The van der Waals surface area contributed by atoms with Gasteiger partial charge >= 0.3 is 12.0 Å². The monoisotopic (exact) mass is 286 g/mol. The summed E-state index contributed by atoms with van der Waals surface area (Å²) in [5.74, 6) is -0.459. The molecule has 1 aliphatic rings. The first-order valence-electron chi connectivity index (χ1n) is 7.31. The Labute approximate surface area is 120 Å². The van der Waals surface area contributed by atoms with E-state index in [2.05, 4.69) is 5.32 Å². The van der Waals surface area contributed by atoms with Gasteiger partial charge in [0.1, 0.15) is 0 Å². The van der Waals surface area contributed by atoms with E-state index in [1.165, 1.54) is 0 Å². The zero-order valence-electron chi connectivity index (χ0n) is 12.3. The molecule has 1 atom stereocenters. The highest BCUT2D eigenvalue weighted by molar-refractivity contribution is 5.74. The van der Waals surface area contributed by atoms with Crippen molar-refractivity contribution in [1.29, 1.82) is 0 Å².